The Balaban J connectivity index is 1.61. The second-order valence-corrected chi connectivity index (χ2v) is 8.32. The third-order valence-corrected chi connectivity index (χ3v) is 5.93. The lowest BCUT2D eigenvalue weighted by Gasteiger charge is -2.34. The zero-order valence-corrected chi connectivity index (χ0v) is 17.8. The molecule has 7 nitrogen and oxygen atoms in total. The Morgan fingerprint density at radius 2 is 2.10 bits per heavy atom. The van der Waals surface area contributed by atoms with Gasteiger partial charge in [-0.05, 0) is 23.3 Å². The maximum Gasteiger partial charge on any atom is 0.250 e. The summed E-state index contributed by atoms with van der Waals surface area (Å²) < 4.78 is 10.8. The molecule has 2 aromatic rings. The van der Waals surface area contributed by atoms with Crippen LogP contribution in [-0.4, -0.2) is 62.3 Å². The molecule has 0 aromatic heterocycles. The van der Waals surface area contributed by atoms with E-state index in [4.69, 9.17) is 9.47 Å². The van der Waals surface area contributed by atoms with E-state index >= 15 is 0 Å². The predicted octanol–water partition coefficient (Wildman–Crippen LogP) is 2.15. The van der Waals surface area contributed by atoms with Gasteiger partial charge < -0.3 is 20.1 Å². The molecule has 2 fully saturated rings. The van der Waals surface area contributed by atoms with Crippen LogP contribution in [-0.2, 0) is 25.6 Å². The van der Waals surface area contributed by atoms with Crippen molar-refractivity contribution < 1.29 is 19.1 Å². The molecule has 0 aliphatic carbocycles. The molecular formula is C24H29N3O4. The van der Waals surface area contributed by atoms with E-state index in [9.17, 15) is 9.59 Å². The van der Waals surface area contributed by atoms with Crippen molar-refractivity contribution in [3.63, 3.8) is 0 Å². The van der Waals surface area contributed by atoms with Crippen molar-refractivity contribution >= 4 is 17.5 Å². The molecule has 7 heteroatoms. The van der Waals surface area contributed by atoms with E-state index in [1.165, 1.54) is 12.7 Å². The number of benzene rings is 2. The highest BCUT2D eigenvalue weighted by Gasteiger charge is 2.49. The van der Waals surface area contributed by atoms with Crippen LogP contribution >= 0.6 is 0 Å². The minimum Gasteiger partial charge on any atom is -0.378 e. The highest BCUT2D eigenvalue weighted by atomic mass is 16.5. The lowest BCUT2D eigenvalue weighted by Crippen LogP contribution is -2.55. The number of carbonyl (C=O) groups is 2. The molecule has 2 aliphatic heterocycles. The first-order chi connectivity index (χ1) is 15.1. The molecule has 164 valence electrons. The number of ether oxygens (including phenoxy) is 2. The minimum absolute atomic E-state index is 0.00629. The van der Waals surface area contributed by atoms with Gasteiger partial charge >= 0.3 is 0 Å². The Morgan fingerprint density at radius 1 is 1.26 bits per heavy atom. The van der Waals surface area contributed by atoms with Crippen LogP contribution in [0.2, 0.25) is 0 Å². The number of methoxy groups -OCH3 is 1. The van der Waals surface area contributed by atoms with E-state index < -0.39 is 5.54 Å². The molecule has 31 heavy (non-hydrogen) atoms. The number of nitrogens with one attached hydrogen (secondary N) is 2. The van der Waals surface area contributed by atoms with Crippen LogP contribution in [0.15, 0.2) is 54.6 Å². The molecule has 2 saturated heterocycles. The van der Waals surface area contributed by atoms with Crippen LogP contribution in [0.3, 0.4) is 0 Å². The van der Waals surface area contributed by atoms with E-state index in [2.05, 4.69) is 33.7 Å². The molecule has 0 radical (unpaired) electrons. The molecule has 1 spiro atoms. The summed E-state index contributed by atoms with van der Waals surface area (Å²) in [7, 11) is 1.49. The number of carbonyl (C=O) groups excluding carboxylic acids is 2. The van der Waals surface area contributed by atoms with Gasteiger partial charge in [-0.15, -0.1) is 0 Å². The fourth-order valence-corrected chi connectivity index (χ4v) is 4.62. The fraction of sp³-hybridized carbons (Fsp3) is 0.417. The van der Waals surface area contributed by atoms with Crippen LogP contribution in [0.4, 0.5) is 5.69 Å². The Kier molecular flexibility index (Phi) is 6.65. The third-order valence-electron chi connectivity index (χ3n) is 5.93. The first-order valence-electron chi connectivity index (χ1n) is 10.6. The van der Waals surface area contributed by atoms with Crippen molar-refractivity contribution in [2.75, 3.05) is 45.3 Å². The minimum atomic E-state index is -0.502. The molecule has 0 unspecified atom stereocenters. The van der Waals surface area contributed by atoms with Crippen LogP contribution in [0.1, 0.15) is 23.5 Å². The van der Waals surface area contributed by atoms with Gasteiger partial charge in [0.2, 0.25) is 11.8 Å². The monoisotopic (exact) mass is 423 g/mol. The summed E-state index contributed by atoms with van der Waals surface area (Å²) in [6.45, 7) is 3.21. The highest BCUT2D eigenvalue weighted by Crippen LogP contribution is 2.39. The van der Waals surface area contributed by atoms with Gasteiger partial charge in [0.15, 0.2) is 0 Å². The first-order valence-corrected chi connectivity index (χ1v) is 10.6. The van der Waals surface area contributed by atoms with Crippen molar-refractivity contribution in [3.05, 3.63) is 65.7 Å². The molecule has 4 rings (SSSR count). The number of rotatable bonds is 6. The average molecular weight is 424 g/mol. The lowest BCUT2D eigenvalue weighted by molar-refractivity contribution is -0.122. The van der Waals surface area contributed by atoms with Gasteiger partial charge in [-0.25, -0.2) is 0 Å². The van der Waals surface area contributed by atoms with Crippen LogP contribution in [0, 0.1) is 0 Å². The summed E-state index contributed by atoms with van der Waals surface area (Å²) in [6.07, 6.45) is 0.375. The molecule has 2 heterocycles. The summed E-state index contributed by atoms with van der Waals surface area (Å²) in [5, 5.41) is 6.16. The summed E-state index contributed by atoms with van der Waals surface area (Å²) in [6, 6.07) is 18.2. The zero-order chi connectivity index (χ0) is 21.7. The van der Waals surface area contributed by atoms with Crippen molar-refractivity contribution in [3.8, 4) is 0 Å². The van der Waals surface area contributed by atoms with E-state index in [1.807, 2.05) is 36.4 Å². The largest absolute Gasteiger partial charge is 0.378 e. The zero-order valence-electron chi connectivity index (χ0n) is 17.8. The van der Waals surface area contributed by atoms with Gasteiger partial charge in [-0.1, -0.05) is 42.5 Å². The van der Waals surface area contributed by atoms with Crippen LogP contribution in [0.5, 0.6) is 0 Å². The first kappa shape index (κ1) is 21.5. The number of anilines is 1. The van der Waals surface area contributed by atoms with Crippen molar-refractivity contribution in [1.82, 2.24) is 10.2 Å². The number of amides is 2. The average Bonchev–Trinajstić information content (AvgIpc) is 2.98. The molecule has 2 atom stereocenters. The standard InChI is InChI=1S/C24H29N3O4/c1-30-15-23(29)25-20-9-5-8-19(12-20)21-14-27(13-18-6-3-2-4-7-18)16-24(21)17-31-11-10-22(28)26-24/h2-9,12,21H,10-11,13-17H2,1H3,(H,25,29)(H,26,28)/t21-,24-/m0/s1. The second-order valence-electron chi connectivity index (χ2n) is 8.32. The lowest BCUT2D eigenvalue weighted by atomic mass is 9.82. The molecule has 2 aliphatic rings. The van der Waals surface area contributed by atoms with Gasteiger partial charge in [0, 0.05) is 44.8 Å². The van der Waals surface area contributed by atoms with Gasteiger partial charge in [0.25, 0.3) is 0 Å². The topological polar surface area (TPSA) is 79.9 Å². The molecule has 0 bridgehead atoms. The van der Waals surface area contributed by atoms with E-state index in [0.717, 1.165) is 24.3 Å². The van der Waals surface area contributed by atoms with Crippen molar-refractivity contribution in [2.45, 2.75) is 24.4 Å². The molecule has 0 saturated carbocycles. The Morgan fingerprint density at radius 3 is 2.90 bits per heavy atom. The fourth-order valence-electron chi connectivity index (χ4n) is 4.62. The number of likely N-dealkylation sites (tertiary alicyclic amines) is 1. The van der Waals surface area contributed by atoms with Gasteiger partial charge in [0.1, 0.15) is 6.61 Å². The van der Waals surface area contributed by atoms with Crippen LogP contribution < -0.4 is 10.6 Å². The molecular weight excluding hydrogens is 394 g/mol. The Bertz CT molecular complexity index is 920. The molecule has 2 amide bonds. The van der Waals surface area contributed by atoms with Crippen molar-refractivity contribution in [2.24, 2.45) is 0 Å². The summed E-state index contributed by atoms with van der Waals surface area (Å²) in [5.41, 5.74) is 2.52. The highest BCUT2D eigenvalue weighted by molar-refractivity contribution is 5.91. The maximum absolute atomic E-state index is 12.5. The summed E-state index contributed by atoms with van der Waals surface area (Å²) >= 11 is 0. The van der Waals surface area contributed by atoms with Gasteiger partial charge in [-0.3, -0.25) is 14.5 Å². The quantitative estimate of drug-likeness (QED) is 0.744. The number of nitrogens with zero attached hydrogens (tertiary/aromatic N) is 1. The Labute approximate surface area is 182 Å². The van der Waals surface area contributed by atoms with E-state index in [1.54, 1.807) is 0 Å². The molecule has 2 aromatic carbocycles. The smallest absolute Gasteiger partial charge is 0.250 e. The normalized spacial score (nSPS) is 24.0. The van der Waals surface area contributed by atoms with Crippen LogP contribution in [0.25, 0.3) is 0 Å². The summed E-state index contributed by atoms with van der Waals surface area (Å²) in [5.74, 6) is -0.135. The van der Waals surface area contributed by atoms with Crippen molar-refractivity contribution in [1.29, 1.82) is 0 Å². The van der Waals surface area contributed by atoms with Gasteiger partial charge in [0.05, 0.1) is 18.8 Å². The Hall–Kier alpha value is -2.74. The van der Waals surface area contributed by atoms with E-state index in [-0.39, 0.29) is 24.3 Å². The van der Waals surface area contributed by atoms with E-state index in [0.29, 0.717) is 26.2 Å². The predicted molar refractivity (Wildman–Crippen MR) is 118 cm³/mol. The van der Waals surface area contributed by atoms with Gasteiger partial charge in [-0.2, -0.15) is 0 Å². The maximum atomic E-state index is 12.5. The number of hydrogen-bond donors (Lipinski definition) is 2. The SMILES string of the molecule is COCC(=O)Nc1cccc([C@@H]2CN(Cc3ccccc3)C[C@]23COCCC(=O)N3)c1. The molecule has 2 N–H and O–H groups in total. The summed E-state index contributed by atoms with van der Waals surface area (Å²) in [4.78, 5) is 26.8. The third kappa shape index (κ3) is 5.12. The second kappa shape index (κ2) is 9.60. The number of hydrogen-bond acceptors (Lipinski definition) is 5.